The number of likely N-dealkylation sites (tertiary alicyclic amines) is 1. The molecule has 0 aromatic carbocycles. The van der Waals surface area contributed by atoms with Crippen LogP contribution in [0.2, 0.25) is 0 Å². The summed E-state index contributed by atoms with van der Waals surface area (Å²) in [5.41, 5.74) is 0. The summed E-state index contributed by atoms with van der Waals surface area (Å²) < 4.78 is 9.67. The van der Waals surface area contributed by atoms with Crippen LogP contribution in [0, 0.1) is 5.92 Å². The van der Waals surface area contributed by atoms with E-state index < -0.39 is 24.5 Å². The third-order valence-electron chi connectivity index (χ3n) is 3.48. The average Bonchev–Trinajstić information content (AvgIpc) is 2.74. The Morgan fingerprint density at radius 3 is 2.70 bits per heavy atom. The molecular formula is C13H15NO6. The minimum absolute atomic E-state index is 0.262. The second-order valence-corrected chi connectivity index (χ2v) is 4.79. The van der Waals surface area contributed by atoms with Gasteiger partial charge in [0, 0.05) is 19.4 Å². The SMILES string of the molecule is C=CC(=O)OCC(=O)N1C(=O)C2CC(OC(C)=O)CC21. The highest BCUT2D eigenvalue weighted by atomic mass is 16.5. The summed E-state index contributed by atoms with van der Waals surface area (Å²) in [6.45, 7) is 4.03. The zero-order valence-electron chi connectivity index (χ0n) is 11.0. The maximum absolute atomic E-state index is 11.8. The Morgan fingerprint density at radius 1 is 1.40 bits per heavy atom. The molecule has 0 bridgehead atoms. The third kappa shape index (κ3) is 2.56. The molecule has 3 unspecified atom stereocenters. The highest BCUT2D eigenvalue weighted by Gasteiger charge is 2.56. The number of carbonyl (C=O) groups is 4. The number of rotatable bonds is 4. The summed E-state index contributed by atoms with van der Waals surface area (Å²) >= 11 is 0. The minimum atomic E-state index is -0.716. The molecule has 2 fully saturated rings. The summed E-state index contributed by atoms with van der Waals surface area (Å²) in [6.07, 6.45) is 1.50. The van der Waals surface area contributed by atoms with E-state index in [0.717, 1.165) is 11.0 Å². The second-order valence-electron chi connectivity index (χ2n) is 4.79. The van der Waals surface area contributed by atoms with Gasteiger partial charge in [0.1, 0.15) is 6.10 Å². The first-order valence-electron chi connectivity index (χ1n) is 6.26. The monoisotopic (exact) mass is 281 g/mol. The first-order chi connectivity index (χ1) is 9.43. The molecule has 0 aromatic heterocycles. The lowest BCUT2D eigenvalue weighted by molar-refractivity contribution is -0.168. The summed E-state index contributed by atoms with van der Waals surface area (Å²) in [5.74, 6) is -2.26. The van der Waals surface area contributed by atoms with Crippen LogP contribution >= 0.6 is 0 Å². The van der Waals surface area contributed by atoms with Gasteiger partial charge in [-0.25, -0.2) is 4.79 Å². The van der Waals surface area contributed by atoms with Crippen LogP contribution in [0.5, 0.6) is 0 Å². The summed E-state index contributed by atoms with van der Waals surface area (Å²) in [4.78, 5) is 46.5. The van der Waals surface area contributed by atoms with Gasteiger partial charge >= 0.3 is 11.9 Å². The van der Waals surface area contributed by atoms with Crippen LogP contribution in [0.15, 0.2) is 12.7 Å². The number of ether oxygens (including phenoxy) is 2. The summed E-state index contributed by atoms with van der Waals surface area (Å²) in [6, 6.07) is -0.262. The molecule has 1 saturated carbocycles. The number of fused-ring (bicyclic) bond motifs is 1. The van der Waals surface area contributed by atoms with Gasteiger partial charge in [-0.3, -0.25) is 19.3 Å². The van der Waals surface area contributed by atoms with E-state index in [-0.39, 0.29) is 24.0 Å². The van der Waals surface area contributed by atoms with E-state index in [1.54, 1.807) is 0 Å². The van der Waals surface area contributed by atoms with Gasteiger partial charge in [0.15, 0.2) is 6.61 Å². The van der Waals surface area contributed by atoms with Gasteiger partial charge in [-0.2, -0.15) is 0 Å². The molecule has 1 saturated heterocycles. The molecule has 2 rings (SSSR count). The van der Waals surface area contributed by atoms with Crippen molar-refractivity contribution in [2.45, 2.75) is 31.9 Å². The molecule has 1 aliphatic heterocycles. The Hall–Kier alpha value is -2.18. The highest BCUT2D eigenvalue weighted by molar-refractivity contribution is 6.03. The van der Waals surface area contributed by atoms with Crippen molar-refractivity contribution < 1.29 is 28.7 Å². The maximum Gasteiger partial charge on any atom is 0.330 e. The molecule has 108 valence electrons. The molecule has 0 radical (unpaired) electrons. The van der Waals surface area contributed by atoms with Crippen LogP contribution < -0.4 is 0 Å². The summed E-state index contributed by atoms with van der Waals surface area (Å²) in [5, 5.41) is 0. The van der Waals surface area contributed by atoms with E-state index in [9.17, 15) is 19.2 Å². The van der Waals surface area contributed by atoms with Gasteiger partial charge in [-0.1, -0.05) is 6.58 Å². The number of hydrogen-bond acceptors (Lipinski definition) is 6. The number of β-lactam (4-membered cyclic amide) rings is 1. The van der Waals surface area contributed by atoms with E-state index in [4.69, 9.17) is 4.74 Å². The predicted molar refractivity (Wildman–Crippen MR) is 65.1 cm³/mol. The molecule has 20 heavy (non-hydrogen) atoms. The van der Waals surface area contributed by atoms with E-state index in [1.807, 2.05) is 0 Å². The molecular weight excluding hydrogens is 266 g/mol. The highest BCUT2D eigenvalue weighted by Crippen LogP contribution is 2.41. The third-order valence-corrected chi connectivity index (χ3v) is 3.48. The van der Waals surface area contributed by atoms with Crippen molar-refractivity contribution in [1.29, 1.82) is 0 Å². The zero-order chi connectivity index (χ0) is 14.9. The first kappa shape index (κ1) is 14.2. The van der Waals surface area contributed by atoms with Gasteiger partial charge in [-0.05, 0) is 6.42 Å². The van der Waals surface area contributed by atoms with Gasteiger partial charge in [0.25, 0.3) is 5.91 Å². The molecule has 1 heterocycles. The van der Waals surface area contributed by atoms with Crippen LogP contribution in [0.4, 0.5) is 0 Å². The fourth-order valence-corrected chi connectivity index (χ4v) is 2.68. The smallest absolute Gasteiger partial charge is 0.330 e. The standard InChI is InChI=1S/C13H15NO6/c1-3-12(17)19-6-11(16)14-10-5-8(20-7(2)15)4-9(10)13(14)18/h3,8-10H,1,4-6H2,2H3. The normalized spacial score (nSPS) is 27.4. The molecule has 0 N–H and O–H groups in total. The number of amides is 2. The molecule has 1 aliphatic carbocycles. The van der Waals surface area contributed by atoms with Crippen molar-refractivity contribution in [2.75, 3.05) is 6.61 Å². The van der Waals surface area contributed by atoms with E-state index in [0.29, 0.717) is 12.8 Å². The Labute approximate surface area is 115 Å². The topological polar surface area (TPSA) is 90.0 Å². The fraction of sp³-hybridized carbons (Fsp3) is 0.538. The van der Waals surface area contributed by atoms with E-state index >= 15 is 0 Å². The molecule has 2 aliphatic rings. The number of esters is 2. The number of hydrogen-bond donors (Lipinski definition) is 0. The van der Waals surface area contributed by atoms with Crippen molar-refractivity contribution in [2.24, 2.45) is 5.92 Å². The Morgan fingerprint density at radius 2 is 2.10 bits per heavy atom. The van der Waals surface area contributed by atoms with Crippen LogP contribution in [-0.2, 0) is 28.7 Å². The van der Waals surface area contributed by atoms with Gasteiger partial charge in [0.2, 0.25) is 5.91 Å². The number of carbonyl (C=O) groups excluding carboxylic acids is 4. The van der Waals surface area contributed by atoms with Crippen molar-refractivity contribution in [3.8, 4) is 0 Å². The Bertz CT molecular complexity index is 485. The lowest BCUT2D eigenvalue weighted by atomic mass is 9.90. The molecule has 2 amide bonds. The van der Waals surface area contributed by atoms with Gasteiger partial charge in [-0.15, -0.1) is 0 Å². The zero-order valence-corrected chi connectivity index (χ0v) is 11.0. The van der Waals surface area contributed by atoms with Crippen LogP contribution in [0.3, 0.4) is 0 Å². The largest absolute Gasteiger partial charge is 0.462 e. The first-order valence-corrected chi connectivity index (χ1v) is 6.26. The average molecular weight is 281 g/mol. The van der Waals surface area contributed by atoms with E-state index in [1.165, 1.54) is 6.92 Å². The van der Waals surface area contributed by atoms with Crippen molar-refractivity contribution in [1.82, 2.24) is 4.90 Å². The Kier molecular flexibility index (Phi) is 3.87. The minimum Gasteiger partial charge on any atom is -0.462 e. The summed E-state index contributed by atoms with van der Waals surface area (Å²) in [7, 11) is 0. The molecule has 3 atom stereocenters. The lowest BCUT2D eigenvalue weighted by Gasteiger charge is -2.41. The molecule has 0 spiro atoms. The number of nitrogens with zero attached hydrogens (tertiary/aromatic N) is 1. The van der Waals surface area contributed by atoms with Crippen molar-refractivity contribution in [3.63, 3.8) is 0 Å². The van der Waals surface area contributed by atoms with E-state index in [2.05, 4.69) is 11.3 Å². The van der Waals surface area contributed by atoms with Gasteiger partial charge in [0.05, 0.1) is 12.0 Å². The van der Waals surface area contributed by atoms with Crippen LogP contribution in [-0.4, -0.2) is 47.4 Å². The van der Waals surface area contributed by atoms with Crippen LogP contribution in [0.25, 0.3) is 0 Å². The molecule has 0 aromatic rings. The molecule has 7 nitrogen and oxygen atoms in total. The fourth-order valence-electron chi connectivity index (χ4n) is 2.68. The second kappa shape index (κ2) is 5.44. The van der Waals surface area contributed by atoms with Crippen molar-refractivity contribution in [3.05, 3.63) is 12.7 Å². The van der Waals surface area contributed by atoms with Crippen molar-refractivity contribution >= 4 is 23.8 Å². The number of imide groups is 1. The predicted octanol–water partition coefficient (Wildman–Crippen LogP) is -0.205. The van der Waals surface area contributed by atoms with Gasteiger partial charge < -0.3 is 9.47 Å². The van der Waals surface area contributed by atoms with Crippen LogP contribution in [0.1, 0.15) is 19.8 Å². The lowest BCUT2D eigenvalue weighted by Crippen LogP contribution is -2.61. The Balaban J connectivity index is 1.90. The molecule has 7 heteroatoms. The quantitative estimate of drug-likeness (QED) is 0.402. The maximum atomic E-state index is 11.8.